The summed E-state index contributed by atoms with van der Waals surface area (Å²) < 4.78 is 6.16. The number of aliphatic carboxylic acids is 1. The predicted molar refractivity (Wildman–Crippen MR) is 217 cm³/mol. The standard InChI is InChI=1S/C46H65ClN2O7/c1-26(2)35-30(50)24-46(49-38(53)42(7,8)48-37(52)27-12-14-28(47)15-13-27)23-22-44(10)29(36(35)46)16-17-32-43(9)20-19-33(56-34(51)25-40(3,4)39(54)55)41(5,6)31(43)18-21-45(32,44)11/h12-15,26,29,31-33H,16-25H2,1-11H3,(H,48,52)(H,49,53)(H,54,55)/t29?,31-,32+,33-,43-,44+,45+,46?/m0/s1. The first kappa shape index (κ1) is 42.4. The molecule has 5 aliphatic carbocycles. The summed E-state index contributed by atoms with van der Waals surface area (Å²) in [6.07, 6.45) is 6.93. The maximum Gasteiger partial charge on any atom is 0.309 e. The van der Waals surface area contributed by atoms with Gasteiger partial charge in [0.1, 0.15) is 11.6 Å². The van der Waals surface area contributed by atoms with Crippen LogP contribution in [0.1, 0.15) is 151 Å². The van der Waals surface area contributed by atoms with Crippen molar-refractivity contribution in [2.24, 2.45) is 50.7 Å². The molecule has 0 heterocycles. The van der Waals surface area contributed by atoms with Crippen LogP contribution in [0.3, 0.4) is 0 Å². The van der Waals surface area contributed by atoms with Crippen molar-refractivity contribution in [3.63, 3.8) is 0 Å². The number of hydrogen-bond acceptors (Lipinski definition) is 6. The molecule has 6 rings (SSSR count). The Morgan fingerprint density at radius 1 is 0.875 bits per heavy atom. The minimum Gasteiger partial charge on any atom is -0.481 e. The highest BCUT2D eigenvalue weighted by Gasteiger charge is 2.70. The van der Waals surface area contributed by atoms with E-state index in [-0.39, 0.29) is 70.0 Å². The summed E-state index contributed by atoms with van der Waals surface area (Å²) in [6, 6.07) is 6.56. The van der Waals surface area contributed by atoms with Crippen molar-refractivity contribution in [3.8, 4) is 0 Å². The van der Waals surface area contributed by atoms with Crippen LogP contribution in [-0.2, 0) is 23.9 Å². The molecule has 56 heavy (non-hydrogen) atoms. The van der Waals surface area contributed by atoms with Gasteiger partial charge in [0.2, 0.25) is 5.91 Å². The maximum absolute atomic E-state index is 14.3. The molecule has 1 aromatic carbocycles. The van der Waals surface area contributed by atoms with Crippen molar-refractivity contribution in [2.75, 3.05) is 0 Å². The molecule has 10 heteroatoms. The molecule has 4 fully saturated rings. The summed E-state index contributed by atoms with van der Waals surface area (Å²) in [6.45, 7) is 22.7. The van der Waals surface area contributed by atoms with Gasteiger partial charge in [-0.3, -0.25) is 24.0 Å². The molecule has 5 aliphatic rings. The first-order chi connectivity index (χ1) is 25.8. The number of benzene rings is 1. The molecule has 308 valence electrons. The normalized spacial score (nSPS) is 35.1. The molecule has 2 amide bonds. The summed E-state index contributed by atoms with van der Waals surface area (Å²) in [7, 11) is 0. The lowest BCUT2D eigenvalue weighted by Crippen LogP contribution is -2.68. The van der Waals surface area contributed by atoms with E-state index < -0.39 is 28.4 Å². The van der Waals surface area contributed by atoms with E-state index in [9.17, 15) is 29.1 Å². The molecule has 2 unspecified atom stereocenters. The Morgan fingerprint density at radius 3 is 2.12 bits per heavy atom. The number of Topliss-reactive ketones (excluding diaryl/α,β-unsaturated/α-hetero) is 1. The minimum atomic E-state index is -1.25. The van der Waals surface area contributed by atoms with Gasteiger partial charge < -0.3 is 20.5 Å². The van der Waals surface area contributed by atoms with Crippen LogP contribution >= 0.6 is 11.6 Å². The van der Waals surface area contributed by atoms with Crippen molar-refractivity contribution in [2.45, 2.75) is 158 Å². The van der Waals surface area contributed by atoms with E-state index in [0.717, 1.165) is 56.1 Å². The number of ketones is 1. The predicted octanol–water partition coefficient (Wildman–Crippen LogP) is 9.11. The second-order valence-corrected chi connectivity index (χ2v) is 21.5. The van der Waals surface area contributed by atoms with Gasteiger partial charge >= 0.3 is 11.9 Å². The molecule has 4 saturated carbocycles. The fraction of sp³-hybridized carbons (Fsp3) is 0.717. The van der Waals surface area contributed by atoms with Crippen molar-refractivity contribution < 1.29 is 33.8 Å². The lowest BCUT2D eigenvalue weighted by atomic mass is 9.33. The number of rotatable bonds is 9. The lowest BCUT2D eigenvalue weighted by molar-refractivity contribution is -0.232. The number of carbonyl (C=O) groups excluding carboxylic acids is 4. The average molecular weight is 793 g/mol. The number of fused-ring (bicyclic) bond motifs is 7. The number of esters is 1. The van der Waals surface area contributed by atoms with E-state index in [2.05, 4.69) is 59.1 Å². The molecule has 3 N–H and O–H groups in total. The van der Waals surface area contributed by atoms with Gasteiger partial charge in [-0.2, -0.15) is 0 Å². The number of carbonyl (C=O) groups is 5. The van der Waals surface area contributed by atoms with Crippen LogP contribution < -0.4 is 10.6 Å². The quantitative estimate of drug-likeness (QED) is 0.212. The summed E-state index contributed by atoms with van der Waals surface area (Å²) in [5, 5.41) is 16.5. The summed E-state index contributed by atoms with van der Waals surface area (Å²) in [4.78, 5) is 66.6. The Bertz CT molecular complexity index is 1850. The van der Waals surface area contributed by atoms with Crippen LogP contribution in [0, 0.1) is 50.7 Å². The number of hydrogen-bond donors (Lipinski definition) is 3. The van der Waals surface area contributed by atoms with Crippen LogP contribution in [-0.4, -0.2) is 51.8 Å². The molecular formula is C46H65ClN2O7. The van der Waals surface area contributed by atoms with Gasteiger partial charge in [0.05, 0.1) is 17.4 Å². The zero-order valence-corrected chi connectivity index (χ0v) is 36.3. The Kier molecular flexibility index (Phi) is 10.6. The number of halogens is 1. The van der Waals surface area contributed by atoms with Crippen LogP contribution in [0.2, 0.25) is 5.02 Å². The number of nitrogens with one attached hydrogen (secondary N) is 2. The number of ether oxygens (including phenoxy) is 1. The van der Waals surface area contributed by atoms with Crippen molar-refractivity contribution in [1.29, 1.82) is 0 Å². The monoisotopic (exact) mass is 792 g/mol. The maximum atomic E-state index is 14.3. The van der Waals surface area contributed by atoms with Crippen molar-refractivity contribution >= 4 is 41.1 Å². The topological polar surface area (TPSA) is 139 Å². The number of carboxylic acids is 1. The number of amides is 2. The van der Waals surface area contributed by atoms with E-state index >= 15 is 0 Å². The van der Waals surface area contributed by atoms with Gasteiger partial charge in [0, 0.05) is 22.4 Å². The average Bonchev–Trinajstić information content (AvgIpc) is 3.37. The molecular weight excluding hydrogens is 728 g/mol. The third-order valence-electron chi connectivity index (χ3n) is 16.3. The molecule has 0 radical (unpaired) electrons. The second-order valence-electron chi connectivity index (χ2n) is 21.0. The van der Waals surface area contributed by atoms with E-state index in [1.54, 1.807) is 52.0 Å². The smallest absolute Gasteiger partial charge is 0.309 e. The zero-order chi connectivity index (χ0) is 41.6. The Hall–Kier alpha value is -3.20. The molecule has 8 atom stereocenters. The van der Waals surface area contributed by atoms with Gasteiger partial charge in [-0.25, -0.2) is 0 Å². The third kappa shape index (κ3) is 6.63. The van der Waals surface area contributed by atoms with Gasteiger partial charge in [-0.15, -0.1) is 0 Å². The second kappa shape index (κ2) is 14.0. The zero-order valence-electron chi connectivity index (χ0n) is 35.5. The summed E-state index contributed by atoms with van der Waals surface area (Å²) in [5.41, 5.74) is -1.26. The van der Waals surface area contributed by atoms with Gasteiger partial charge in [-0.05, 0) is 154 Å². The molecule has 0 spiro atoms. The molecule has 9 nitrogen and oxygen atoms in total. The molecule has 0 aromatic heterocycles. The fourth-order valence-electron chi connectivity index (χ4n) is 13.0. The number of allylic oxidation sites excluding steroid dienone is 1. The van der Waals surface area contributed by atoms with E-state index in [1.807, 2.05) is 0 Å². The molecule has 0 aliphatic heterocycles. The summed E-state index contributed by atoms with van der Waals surface area (Å²) in [5.74, 6) is -1.15. The first-order valence-corrected chi connectivity index (χ1v) is 21.2. The Labute approximate surface area is 338 Å². The Morgan fingerprint density at radius 2 is 1.52 bits per heavy atom. The fourth-order valence-corrected chi connectivity index (χ4v) is 13.1. The van der Waals surface area contributed by atoms with Crippen molar-refractivity contribution in [1.82, 2.24) is 10.6 Å². The highest BCUT2D eigenvalue weighted by Crippen LogP contribution is 2.76. The minimum absolute atomic E-state index is 0.00352. The van der Waals surface area contributed by atoms with Crippen LogP contribution in [0.25, 0.3) is 0 Å². The largest absolute Gasteiger partial charge is 0.481 e. The Balaban J connectivity index is 1.27. The SMILES string of the molecule is CC(C)C1=C2C3CC[C@@H]4[C@@]5(C)CC[C@H](OC(=O)CC(C)(C)C(=O)O)C(C)(C)[C@@H]5CC[C@@]4(C)[C@]3(C)CCC2(NC(=O)C(C)(C)NC(=O)c2ccc(Cl)cc2)CC1=O. The summed E-state index contributed by atoms with van der Waals surface area (Å²) >= 11 is 6.05. The van der Waals surface area contributed by atoms with E-state index in [0.29, 0.717) is 28.8 Å². The van der Waals surface area contributed by atoms with Crippen LogP contribution in [0.4, 0.5) is 0 Å². The van der Waals surface area contributed by atoms with E-state index in [1.165, 1.54) is 0 Å². The first-order valence-electron chi connectivity index (χ1n) is 20.9. The van der Waals surface area contributed by atoms with Gasteiger partial charge in [0.25, 0.3) is 5.91 Å². The van der Waals surface area contributed by atoms with Crippen molar-refractivity contribution in [3.05, 3.63) is 46.0 Å². The third-order valence-corrected chi connectivity index (χ3v) is 16.5. The van der Waals surface area contributed by atoms with E-state index in [4.69, 9.17) is 16.3 Å². The molecule has 0 saturated heterocycles. The van der Waals surface area contributed by atoms with Gasteiger partial charge in [0.15, 0.2) is 5.78 Å². The van der Waals surface area contributed by atoms with Crippen LogP contribution in [0.5, 0.6) is 0 Å². The molecule has 0 bridgehead atoms. The highest BCUT2D eigenvalue weighted by atomic mass is 35.5. The highest BCUT2D eigenvalue weighted by molar-refractivity contribution is 6.30. The van der Waals surface area contributed by atoms with Gasteiger partial charge in [-0.1, -0.05) is 60.1 Å². The van der Waals surface area contributed by atoms with Crippen LogP contribution in [0.15, 0.2) is 35.4 Å². The molecule has 1 aromatic rings. The lowest BCUT2D eigenvalue weighted by Gasteiger charge is -2.72. The number of carboxylic acid groups (broad SMARTS) is 1.